The quantitative estimate of drug-likeness (QED) is 0.499. The Morgan fingerprint density at radius 2 is 2.06 bits per heavy atom. The number of carbonyl (C=O) groups is 2. The molecule has 0 unspecified atom stereocenters. The zero-order valence-corrected chi connectivity index (χ0v) is 20.2. The molecule has 4 heterocycles. The standard InChI is InChI=1S/C24H25ClN8O3/c25-18-4-5-21(33-16-27-29-30-33)17(12-18)3-6-23(34)32-15-20(31-8-10-36-11-9-31)13-22(32)24(35)28-19-2-1-7-26-14-19/h1-7,12,14,16,20,22H,8-11,13,15H2,(H,28,35)/t20-,22-/m0/s1. The third-order valence-corrected chi connectivity index (χ3v) is 6.58. The average molecular weight is 509 g/mol. The number of benzene rings is 1. The number of tetrazole rings is 1. The SMILES string of the molecule is O=C(Nc1cccnc1)[C@@H]1C[C@H](N2CCOCC2)CN1C(=O)C=Cc1cc(Cl)ccc1-n1cnnn1. The maximum absolute atomic E-state index is 13.4. The van der Waals surface area contributed by atoms with E-state index in [0.29, 0.717) is 48.1 Å². The average Bonchev–Trinajstić information content (AvgIpc) is 3.59. The van der Waals surface area contributed by atoms with Gasteiger partial charge in [0.25, 0.3) is 0 Å². The van der Waals surface area contributed by atoms with Crippen molar-refractivity contribution < 1.29 is 14.3 Å². The summed E-state index contributed by atoms with van der Waals surface area (Å²) in [6, 6.07) is 8.20. The van der Waals surface area contributed by atoms with Gasteiger partial charge in [0, 0.05) is 48.5 Å². The van der Waals surface area contributed by atoms with Gasteiger partial charge < -0.3 is 15.0 Å². The minimum atomic E-state index is -0.617. The highest BCUT2D eigenvalue weighted by Gasteiger charge is 2.41. The minimum Gasteiger partial charge on any atom is -0.379 e. The van der Waals surface area contributed by atoms with Crippen LogP contribution in [0.4, 0.5) is 5.69 Å². The number of aromatic nitrogens is 5. The Labute approximate surface area is 212 Å². The van der Waals surface area contributed by atoms with Gasteiger partial charge in [-0.15, -0.1) is 5.10 Å². The molecule has 2 fully saturated rings. The lowest BCUT2D eigenvalue weighted by molar-refractivity contribution is -0.132. The number of hydrogen-bond acceptors (Lipinski definition) is 8. The van der Waals surface area contributed by atoms with Crippen LogP contribution in [0.25, 0.3) is 11.8 Å². The Hall–Kier alpha value is -3.67. The van der Waals surface area contributed by atoms with E-state index in [2.05, 4.69) is 30.7 Å². The highest BCUT2D eigenvalue weighted by atomic mass is 35.5. The van der Waals surface area contributed by atoms with Crippen molar-refractivity contribution in [3.8, 4) is 5.69 Å². The molecule has 5 rings (SSSR count). The van der Waals surface area contributed by atoms with Crippen LogP contribution >= 0.6 is 11.6 Å². The molecule has 0 aliphatic carbocycles. The molecule has 2 amide bonds. The van der Waals surface area contributed by atoms with Gasteiger partial charge in [0.2, 0.25) is 11.8 Å². The number of rotatable bonds is 6. The number of nitrogens with zero attached hydrogens (tertiary/aromatic N) is 7. The predicted octanol–water partition coefficient (Wildman–Crippen LogP) is 1.66. The number of likely N-dealkylation sites (tertiary alicyclic amines) is 1. The molecule has 2 saturated heterocycles. The van der Waals surface area contributed by atoms with Gasteiger partial charge in [0.15, 0.2) is 0 Å². The first-order valence-corrected chi connectivity index (χ1v) is 12.0. The molecule has 1 aromatic carbocycles. The second kappa shape index (κ2) is 10.9. The zero-order chi connectivity index (χ0) is 24.9. The number of ether oxygens (including phenoxy) is 1. The summed E-state index contributed by atoms with van der Waals surface area (Å²) in [4.78, 5) is 34.6. The maximum Gasteiger partial charge on any atom is 0.247 e. The lowest BCUT2D eigenvalue weighted by Crippen LogP contribution is -2.45. The van der Waals surface area contributed by atoms with Crippen molar-refractivity contribution in [2.24, 2.45) is 0 Å². The van der Waals surface area contributed by atoms with Crippen LogP contribution in [0.2, 0.25) is 5.02 Å². The molecule has 1 N–H and O–H groups in total. The van der Waals surface area contributed by atoms with Gasteiger partial charge in [0.1, 0.15) is 12.4 Å². The van der Waals surface area contributed by atoms with Crippen molar-refractivity contribution >= 4 is 35.2 Å². The molecule has 186 valence electrons. The molecule has 2 aromatic heterocycles. The van der Waals surface area contributed by atoms with E-state index in [4.69, 9.17) is 16.3 Å². The number of nitrogens with one attached hydrogen (secondary N) is 1. The van der Waals surface area contributed by atoms with Gasteiger partial charge in [-0.3, -0.25) is 19.5 Å². The van der Waals surface area contributed by atoms with Crippen molar-refractivity contribution in [2.75, 3.05) is 38.2 Å². The van der Waals surface area contributed by atoms with Gasteiger partial charge in [0.05, 0.1) is 30.8 Å². The third kappa shape index (κ3) is 5.43. The van der Waals surface area contributed by atoms with Gasteiger partial charge in [-0.05, 0) is 53.3 Å². The number of pyridine rings is 1. The summed E-state index contributed by atoms with van der Waals surface area (Å²) in [5.41, 5.74) is 1.93. The number of amides is 2. The fourth-order valence-electron chi connectivity index (χ4n) is 4.57. The number of anilines is 1. The Balaban J connectivity index is 1.37. The summed E-state index contributed by atoms with van der Waals surface area (Å²) in [5.74, 6) is -0.502. The fraction of sp³-hybridized carbons (Fsp3) is 0.333. The number of halogens is 1. The third-order valence-electron chi connectivity index (χ3n) is 6.35. The molecule has 0 radical (unpaired) electrons. The zero-order valence-electron chi connectivity index (χ0n) is 19.4. The fourth-order valence-corrected chi connectivity index (χ4v) is 4.75. The molecule has 12 heteroatoms. The van der Waals surface area contributed by atoms with Crippen molar-refractivity contribution in [1.29, 1.82) is 0 Å². The summed E-state index contributed by atoms with van der Waals surface area (Å²) in [6.07, 6.45) is 8.36. The minimum absolute atomic E-state index is 0.0684. The van der Waals surface area contributed by atoms with E-state index in [0.717, 1.165) is 13.1 Å². The molecule has 2 aliphatic rings. The first-order chi connectivity index (χ1) is 17.6. The molecule has 0 bridgehead atoms. The second-order valence-corrected chi connectivity index (χ2v) is 9.00. The Morgan fingerprint density at radius 3 is 2.81 bits per heavy atom. The normalized spacial score (nSPS) is 20.6. The van der Waals surface area contributed by atoms with Gasteiger partial charge in [-0.1, -0.05) is 11.6 Å². The van der Waals surface area contributed by atoms with Crippen LogP contribution in [0.3, 0.4) is 0 Å². The summed E-state index contributed by atoms with van der Waals surface area (Å²) >= 11 is 6.20. The topological polar surface area (TPSA) is 118 Å². The lowest BCUT2D eigenvalue weighted by atomic mass is 10.1. The molecular weight excluding hydrogens is 484 g/mol. The van der Waals surface area contributed by atoms with E-state index in [1.807, 2.05) is 0 Å². The first-order valence-electron chi connectivity index (χ1n) is 11.6. The highest BCUT2D eigenvalue weighted by molar-refractivity contribution is 6.30. The summed E-state index contributed by atoms with van der Waals surface area (Å²) < 4.78 is 6.97. The van der Waals surface area contributed by atoms with Crippen molar-refractivity contribution in [2.45, 2.75) is 18.5 Å². The smallest absolute Gasteiger partial charge is 0.247 e. The van der Waals surface area contributed by atoms with E-state index >= 15 is 0 Å². The van der Waals surface area contributed by atoms with Gasteiger partial charge in [-0.25, -0.2) is 0 Å². The number of morpholine rings is 1. The van der Waals surface area contributed by atoms with E-state index in [1.54, 1.807) is 53.7 Å². The summed E-state index contributed by atoms with van der Waals surface area (Å²) in [6.45, 7) is 3.29. The van der Waals surface area contributed by atoms with Crippen LogP contribution in [0, 0.1) is 0 Å². The van der Waals surface area contributed by atoms with Crippen LogP contribution in [0.1, 0.15) is 12.0 Å². The summed E-state index contributed by atoms with van der Waals surface area (Å²) in [7, 11) is 0. The van der Waals surface area contributed by atoms with Crippen LogP contribution in [-0.4, -0.2) is 91.7 Å². The molecule has 3 aromatic rings. The Kier molecular flexibility index (Phi) is 7.31. The Morgan fingerprint density at radius 1 is 1.19 bits per heavy atom. The molecule has 0 saturated carbocycles. The molecule has 2 aliphatic heterocycles. The van der Waals surface area contributed by atoms with Crippen molar-refractivity contribution in [3.63, 3.8) is 0 Å². The van der Waals surface area contributed by atoms with Gasteiger partial charge >= 0.3 is 0 Å². The van der Waals surface area contributed by atoms with E-state index in [-0.39, 0.29) is 17.9 Å². The first kappa shape index (κ1) is 24.0. The van der Waals surface area contributed by atoms with Crippen molar-refractivity contribution in [1.82, 2.24) is 35.0 Å². The summed E-state index contributed by atoms with van der Waals surface area (Å²) in [5, 5.41) is 14.7. The number of hydrogen-bond donors (Lipinski definition) is 1. The van der Waals surface area contributed by atoms with Crippen molar-refractivity contribution in [3.05, 3.63) is 65.7 Å². The van der Waals surface area contributed by atoms with E-state index in [1.165, 1.54) is 17.1 Å². The molecule has 36 heavy (non-hydrogen) atoms. The molecular formula is C24H25ClN8O3. The predicted molar refractivity (Wildman–Crippen MR) is 132 cm³/mol. The molecule has 11 nitrogen and oxygen atoms in total. The largest absolute Gasteiger partial charge is 0.379 e. The van der Waals surface area contributed by atoms with E-state index < -0.39 is 6.04 Å². The maximum atomic E-state index is 13.4. The van der Waals surface area contributed by atoms with Crippen LogP contribution in [-0.2, 0) is 14.3 Å². The molecule has 0 spiro atoms. The van der Waals surface area contributed by atoms with Crippen LogP contribution in [0.15, 0.2) is 55.1 Å². The Bertz CT molecular complexity index is 1230. The van der Waals surface area contributed by atoms with Gasteiger partial charge in [-0.2, -0.15) is 4.68 Å². The lowest BCUT2D eigenvalue weighted by Gasteiger charge is -2.31. The van der Waals surface area contributed by atoms with Crippen LogP contribution < -0.4 is 5.32 Å². The molecule has 2 atom stereocenters. The second-order valence-electron chi connectivity index (χ2n) is 8.57. The number of carbonyl (C=O) groups excluding carboxylic acids is 2. The highest BCUT2D eigenvalue weighted by Crippen LogP contribution is 2.26. The van der Waals surface area contributed by atoms with E-state index in [9.17, 15) is 9.59 Å². The monoisotopic (exact) mass is 508 g/mol. The van der Waals surface area contributed by atoms with Crippen LogP contribution in [0.5, 0.6) is 0 Å².